The molecule has 2 aromatic heterocycles. The third-order valence-electron chi connectivity index (χ3n) is 9.82. The average molecular weight is 639 g/mol. The van der Waals surface area contributed by atoms with Gasteiger partial charge in [0.05, 0.1) is 5.52 Å². The second-order valence-electron chi connectivity index (χ2n) is 12.8. The van der Waals surface area contributed by atoms with Crippen molar-refractivity contribution in [1.82, 2.24) is 4.98 Å². The Balaban J connectivity index is 1.10. The van der Waals surface area contributed by atoms with Gasteiger partial charge >= 0.3 is 0 Å². The van der Waals surface area contributed by atoms with Gasteiger partial charge in [-0.1, -0.05) is 121 Å². The van der Waals surface area contributed by atoms with Crippen LogP contribution < -0.4 is 4.90 Å². The average Bonchev–Trinajstić information content (AvgIpc) is 3.54. The Morgan fingerprint density at radius 1 is 0.380 bits per heavy atom. The third kappa shape index (κ3) is 4.79. The van der Waals surface area contributed by atoms with Crippen molar-refractivity contribution < 1.29 is 4.42 Å². The van der Waals surface area contributed by atoms with Gasteiger partial charge in [0.15, 0.2) is 5.58 Å². The van der Waals surface area contributed by atoms with E-state index in [4.69, 9.17) is 9.40 Å². The van der Waals surface area contributed by atoms with Crippen LogP contribution >= 0.6 is 0 Å². The molecule has 0 aliphatic heterocycles. The first-order valence-corrected chi connectivity index (χ1v) is 16.9. The number of aromatic nitrogens is 1. The van der Waals surface area contributed by atoms with Gasteiger partial charge in [-0.05, 0) is 104 Å². The largest absolute Gasteiger partial charge is 0.454 e. The van der Waals surface area contributed by atoms with Gasteiger partial charge in [-0.3, -0.25) is 0 Å². The van der Waals surface area contributed by atoms with Crippen molar-refractivity contribution in [3.8, 4) is 22.3 Å². The van der Waals surface area contributed by atoms with Crippen molar-refractivity contribution in [2.24, 2.45) is 0 Å². The molecular formula is C47H30N2O. The molecule has 0 saturated heterocycles. The van der Waals surface area contributed by atoms with E-state index in [-0.39, 0.29) is 0 Å². The van der Waals surface area contributed by atoms with E-state index < -0.39 is 0 Å². The Bertz CT molecular complexity index is 2860. The molecule has 0 aliphatic carbocycles. The van der Waals surface area contributed by atoms with Crippen molar-refractivity contribution in [3.05, 3.63) is 182 Å². The fourth-order valence-electron chi connectivity index (χ4n) is 7.30. The quantitative estimate of drug-likeness (QED) is 0.188. The fourth-order valence-corrected chi connectivity index (χ4v) is 7.30. The molecule has 234 valence electrons. The van der Waals surface area contributed by atoms with Crippen molar-refractivity contribution >= 4 is 71.6 Å². The molecule has 50 heavy (non-hydrogen) atoms. The van der Waals surface area contributed by atoms with Crippen LogP contribution in [0.5, 0.6) is 0 Å². The minimum absolute atomic E-state index is 0.793. The number of anilines is 3. The predicted molar refractivity (Wildman–Crippen MR) is 210 cm³/mol. The van der Waals surface area contributed by atoms with E-state index in [0.717, 1.165) is 50.0 Å². The minimum atomic E-state index is 0.793. The van der Waals surface area contributed by atoms with E-state index in [1.807, 2.05) is 12.1 Å². The molecule has 0 aliphatic rings. The lowest BCUT2D eigenvalue weighted by Gasteiger charge is -2.26. The van der Waals surface area contributed by atoms with Gasteiger partial charge in [0.25, 0.3) is 0 Å². The first kappa shape index (κ1) is 28.3. The lowest BCUT2D eigenvalue weighted by atomic mass is 9.98. The van der Waals surface area contributed by atoms with Crippen LogP contribution in [-0.2, 0) is 0 Å². The highest BCUT2D eigenvalue weighted by atomic mass is 16.3. The maximum Gasteiger partial charge on any atom is 0.154 e. The number of fused-ring (bicyclic) bond motifs is 6. The monoisotopic (exact) mass is 638 g/mol. The molecule has 0 amide bonds. The Morgan fingerprint density at radius 3 is 1.84 bits per heavy atom. The van der Waals surface area contributed by atoms with Crippen molar-refractivity contribution in [2.45, 2.75) is 0 Å². The van der Waals surface area contributed by atoms with Gasteiger partial charge in [-0.2, -0.15) is 0 Å². The lowest BCUT2D eigenvalue weighted by molar-refractivity contribution is 0.669. The molecule has 0 spiro atoms. The van der Waals surface area contributed by atoms with E-state index in [1.54, 1.807) is 0 Å². The Kier molecular flexibility index (Phi) is 6.49. The molecule has 8 aromatic carbocycles. The summed E-state index contributed by atoms with van der Waals surface area (Å²) < 4.78 is 6.32. The number of hydrogen-bond donors (Lipinski definition) is 0. The highest BCUT2D eigenvalue weighted by Gasteiger charge is 2.17. The van der Waals surface area contributed by atoms with Crippen LogP contribution in [0.2, 0.25) is 0 Å². The summed E-state index contributed by atoms with van der Waals surface area (Å²) in [6.07, 6.45) is 0. The first-order chi connectivity index (χ1) is 24.7. The topological polar surface area (TPSA) is 29.3 Å². The summed E-state index contributed by atoms with van der Waals surface area (Å²) in [5.41, 5.74) is 11.4. The van der Waals surface area contributed by atoms with Crippen LogP contribution in [0.25, 0.3) is 76.8 Å². The van der Waals surface area contributed by atoms with Gasteiger partial charge in [0, 0.05) is 27.8 Å². The van der Waals surface area contributed by atoms with Gasteiger partial charge < -0.3 is 9.32 Å². The molecule has 0 radical (unpaired) electrons. The number of benzene rings is 8. The van der Waals surface area contributed by atoms with E-state index in [2.05, 4.69) is 175 Å². The maximum absolute atomic E-state index is 6.32. The molecular weight excluding hydrogens is 609 g/mol. The maximum atomic E-state index is 6.32. The molecule has 0 saturated carbocycles. The molecule has 10 aromatic rings. The number of nitrogens with zero attached hydrogens (tertiary/aromatic N) is 2. The van der Waals surface area contributed by atoms with E-state index in [0.29, 0.717) is 0 Å². The van der Waals surface area contributed by atoms with E-state index in [1.165, 1.54) is 43.8 Å². The molecule has 0 N–H and O–H groups in total. The molecule has 2 heterocycles. The molecule has 0 atom stereocenters. The normalized spacial score (nSPS) is 11.6. The van der Waals surface area contributed by atoms with Gasteiger partial charge in [-0.15, -0.1) is 0 Å². The van der Waals surface area contributed by atoms with Crippen LogP contribution in [0.1, 0.15) is 0 Å². The van der Waals surface area contributed by atoms with Crippen LogP contribution in [0, 0.1) is 0 Å². The number of pyridine rings is 1. The summed E-state index contributed by atoms with van der Waals surface area (Å²) in [5.74, 6) is 0. The zero-order chi connectivity index (χ0) is 33.0. The molecule has 0 bridgehead atoms. The molecule has 0 unspecified atom stereocenters. The van der Waals surface area contributed by atoms with Crippen LogP contribution in [-0.4, -0.2) is 4.98 Å². The highest BCUT2D eigenvalue weighted by molar-refractivity contribution is 6.07. The zero-order valence-corrected chi connectivity index (χ0v) is 27.1. The van der Waals surface area contributed by atoms with Crippen molar-refractivity contribution in [1.29, 1.82) is 0 Å². The minimum Gasteiger partial charge on any atom is -0.454 e. The Hall–Kier alpha value is -6.71. The van der Waals surface area contributed by atoms with Crippen LogP contribution in [0.3, 0.4) is 0 Å². The second kappa shape index (κ2) is 11.5. The van der Waals surface area contributed by atoms with Crippen LogP contribution in [0.15, 0.2) is 186 Å². The summed E-state index contributed by atoms with van der Waals surface area (Å²) in [6.45, 7) is 0. The van der Waals surface area contributed by atoms with Gasteiger partial charge in [0.1, 0.15) is 11.1 Å². The van der Waals surface area contributed by atoms with Gasteiger partial charge in [0.2, 0.25) is 0 Å². The molecule has 10 rings (SSSR count). The number of furan rings is 1. The summed E-state index contributed by atoms with van der Waals surface area (Å²) in [5, 5.41) is 7.04. The summed E-state index contributed by atoms with van der Waals surface area (Å²) in [7, 11) is 0. The summed E-state index contributed by atoms with van der Waals surface area (Å²) in [6, 6.07) is 64.7. The lowest BCUT2D eigenvalue weighted by Crippen LogP contribution is -2.09. The number of rotatable bonds is 5. The SMILES string of the molecule is c1ccc2cc(-c3ccc(N(c4ccc(-c5cccc6ccccc56)cc4)c4ccc5oc6cc7ccccc7nc6c5c4)cc3)ccc2c1. The summed E-state index contributed by atoms with van der Waals surface area (Å²) >= 11 is 0. The standard InChI is InChI=1S/C47H30N2O/c1-2-10-35-28-36(17-16-31(35)8-1)32-18-22-38(23-19-32)49(39-24-20-34(21-25-39)42-14-7-12-33-9-3-5-13-41(33)42)40-26-27-45-43(30-40)47-46(50-45)29-37-11-4-6-15-44(37)48-47/h1-30H. The first-order valence-electron chi connectivity index (χ1n) is 16.9. The number of para-hydroxylation sites is 1. The molecule has 3 heteroatoms. The predicted octanol–water partition coefficient (Wildman–Crippen LogP) is 13.2. The summed E-state index contributed by atoms with van der Waals surface area (Å²) in [4.78, 5) is 7.35. The van der Waals surface area contributed by atoms with Crippen LogP contribution in [0.4, 0.5) is 17.1 Å². The highest BCUT2D eigenvalue weighted by Crippen LogP contribution is 2.40. The van der Waals surface area contributed by atoms with Crippen molar-refractivity contribution in [2.75, 3.05) is 4.90 Å². The Morgan fingerprint density at radius 2 is 1.02 bits per heavy atom. The molecule has 0 fully saturated rings. The molecule has 3 nitrogen and oxygen atoms in total. The number of hydrogen-bond acceptors (Lipinski definition) is 3. The second-order valence-corrected chi connectivity index (χ2v) is 12.8. The van der Waals surface area contributed by atoms with E-state index in [9.17, 15) is 0 Å². The smallest absolute Gasteiger partial charge is 0.154 e. The van der Waals surface area contributed by atoms with E-state index >= 15 is 0 Å². The fraction of sp³-hybridized carbons (Fsp3) is 0. The zero-order valence-electron chi connectivity index (χ0n) is 27.1. The third-order valence-corrected chi connectivity index (χ3v) is 9.82. The Labute approximate surface area is 289 Å². The van der Waals surface area contributed by atoms with Gasteiger partial charge in [-0.25, -0.2) is 4.98 Å². The van der Waals surface area contributed by atoms with Crippen molar-refractivity contribution in [3.63, 3.8) is 0 Å².